The number of methoxy groups -OCH3 is 1. The van der Waals surface area contributed by atoms with E-state index in [9.17, 15) is 0 Å². The number of rotatable bonds is 1. The second kappa shape index (κ2) is 2.80. The van der Waals surface area contributed by atoms with E-state index in [2.05, 4.69) is 10.3 Å². The summed E-state index contributed by atoms with van der Waals surface area (Å²) in [7, 11) is 1.62. The zero-order valence-corrected chi connectivity index (χ0v) is 5.42. The van der Waals surface area contributed by atoms with Crippen LogP contribution < -0.4 is 11.1 Å². The van der Waals surface area contributed by atoms with Gasteiger partial charge in [-0.05, 0) is 0 Å². The van der Waals surface area contributed by atoms with Gasteiger partial charge in [-0.1, -0.05) is 0 Å². The standard InChI is InChI=1S/C5H11N3O/c1-9-5-3-7-2-4(6)8-5/h5,7H,2-3H2,1H3,(H2,6,8). The summed E-state index contributed by atoms with van der Waals surface area (Å²) in [5, 5.41) is 3.05. The summed E-state index contributed by atoms with van der Waals surface area (Å²) in [6.07, 6.45) is -0.0845. The van der Waals surface area contributed by atoms with Crippen LogP contribution in [0, 0.1) is 0 Å². The highest BCUT2D eigenvalue weighted by Crippen LogP contribution is 1.93. The van der Waals surface area contributed by atoms with E-state index in [-0.39, 0.29) is 6.23 Å². The smallest absolute Gasteiger partial charge is 0.162 e. The van der Waals surface area contributed by atoms with Crippen LogP contribution in [-0.4, -0.2) is 32.3 Å². The van der Waals surface area contributed by atoms with Gasteiger partial charge >= 0.3 is 0 Å². The number of nitrogens with one attached hydrogen (secondary N) is 1. The fourth-order valence-electron chi connectivity index (χ4n) is 0.736. The monoisotopic (exact) mass is 129 g/mol. The predicted octanol–water partition coefficient (Wildman–Crippen LogP) is -1.08. The van der Waals surface area contributed by atoms with Crippen LogP contribution in [0.1, 0.15) is 0 Å². The number of nitrogens with zero attached hydrogens (tertiary/aromatic N) is 1. The molecule has 0 saturated heterocycles. The summed E-state index contributed by atoms with van der Waals surface area (Å²) in [6, 6.07) is 0. The lowest BCUT2D eigenvalue weighted by Crippen LogP contribution is -2.41. The van der Waals surface area contributed by atoms with Crippen LogP contribution in [0.5, 0.6) is 0 Å². The minimum atomic E-state index is -0.0845. The fraction of sp³-hybridized carbons (Fsp3) is 0.800. The molecule has 0 fully saturated rings. The Hall–Kier alpha value is -0.610. The maximum Gasteiger partial charge on any atom is 0.162 e. The van der Waals surface area contributed by atoms with E-state index in [1.54, 1.807) is 7.11 Å². The third-order valence-electron chi connectivity index (χ3n) is 1.21. The number of hydrogen-bond acceptors (Lipinski definition) is 4. The second-order valence-corrected chi connectivity index (χ2v) is 1.94. The molecule has 4 nitrogen and oxygen atoms in total. The first-order valence-electron chi connectivity index (χ1n) is 2.88. The van der Waals surface area contributed by atoms with Crippen molar-refractivity contribution < 1.29 is 4.74 Å². The van der Waals surface area contributed by atoms with Gasteiger partial charge in [0.15, 0.2) is 6.23 Å². The Bertz CT molecular complexity index is 123. The fourth-order valence-corrected chi connectivity index (χ4v) is 0.736. The Balaban J connectivity index is 2.47. The molecule has 1 aliphatic heterocycles. The largest absolute Gasteiger partial charge is 0.386 e. The van der Waals surface area contributed by atoms with Gasteiger partial charge in [-0.25, -0.2) is 4.99 Å². The molecular formula is C5H11N3O. The molecule has 3 N–H and O–H groups in total. The van der Waals surface area contributed by atoms with Crippen LogP contribution in [0.25, 0.3) is 0 Å². The molecule has 0 aliphatic carbocycles. The minimum absolute atomic E-state index is 0.0845. The average molecular weight is 129 g/mol. The summed E-state index contributed by atoms with van der Waals surface area (Å²) in [5.41, 5.74) is 5.41. The van der Waals surface area contributed by atoms with Crippen LogP contribution in [0.2, 0.25) is 0 Å². The first kappa shape index (κ1) is 6.51. The molecule has 0 aromatic carbocycles. The SMILES string of the molecule is COC1CNCC(N)=N1. The van der Waals surface area contributed by atoms with Gasteiger partial charge in [0.05, 0.1) is 6.54 Å². The molecule has 52 valence electrons. The summed E-state index contributed by atoms with van der Waals surface area (Å²) >= 11 is 0. The molecule has 0 aromatic rings. The second-order valence-electron chi connectivity index (χ2n) is 1.94. The van der Waals surface area contributed by atoms with Crippen molar-refractivity contribution in [2.75, 3.05) is 20.2 Å². The van der Waals surface area contributed by atoms with Gasteiger partial charge in [0.2, 0.25) is 0 Å². The Morgan fingerprint density at radius 3 is 3.11 bits per heavy atom. The van der Waals surface area contributed by atoms with Crippen molar-refractivity contribution >= 4 is 5.84 Å². The number of ether oxygens (including phenoxy) is 1. The van der Waals surface area contributed by atoms with Crippen LogP contribution in [0.4, 0.5) is 0 Å². The van der Waals surface area contributed by atoms with Gasteiger partial charge < -0.3 is 15.8 Å². The van der Waals surface area contributed by atoms with Gasteiger partial charge in [0, 0.05) is 13.7 Å². The minimum Gasteiger partial charge on any atom is -0.386 e. The van der Waals surface area contributed by atoms with Gasteiger partial charge in [-0.15, -0.1) is 0 Å². The molecular weight excluding hydrogens is 118 g/mol. The van der Waals surface area contributed by atoms with Crippen molar-refractivity contribution in [1.82, 2.24) is 5.32 Å². The molecule has 1 rings (SSSR count). The summed E-state index contributed by atoms with van der Waals surface area (Å²) in [4.78, 5) is 4.01. The molecule has 1 heterocycles. The molecule has 0 saturated carbocycles. The Labute approximate surface area is 54.1 Å². The van der Waals surface area contributed by atoms with Crippen molar-refractivity contribution in [2.24, 2.45) is 10.7 Å². The maximum atomic E-state index is 5.41. The Morgan fingerprint density at radius 2 is 2.67 bits per heavy atom. The third-order valence-corrected chi connectivity index (χ3v) is 1.21. The highest BCUT2D eigenvalue weighted by Gasteiger charge is 2.09. The third kappa shape index (κ3) is 1.65. The molecule has 4 heteroatoms. The molecule has 0 spiro atoms. The number of nitrogens with two attached hydrogens (primary N) is 1. The van der Waals surface area contributed by atoms with Crippen molar-refractivity contribution in [3.05, 3.63) is 0 Å². The lowest BCUT2D eigenvalue weighted by Gasteiger charge is -2.17. The van der Waals surface area contributed by atoms with Gasteiger partial charge in [0.25, 0.3) is 0 Å². The number of amidine groups is 1. The topological polar surface area (TPSA) is 59.6 Å². The molecule has 0 aromatic heterocycles. The molecule has 1 aliphatic rings. The van der Waals surface area contributed by atoms with Gasteiger partial charge in [-0.3, -0.25) is 0 Å². The van der Waals surface area contributed by atoms with Crippen molar-refractivity contribution in [3.63, 3.8) is 0 Å². The lowest BCUT2D eigenvalue weighted by atomic mass is 10.4. The molecule has 9 heavy (non-hydrogen) atoms. The summed E-state index contributed by atoms with van der Waals surface area (Å²) < 4.78 is 4.93. The molecule has 1 unspecified atom stereocenters. The van der Waals surface area contributed by atoms with E-state index in [1.165, 1.54) is 0 Å². The van der Waals surface area contributed by atoms with E-state index in [4.69, 9.17) is 10.5 Å². The van der Waals surface area contributed by atoms with Crippen molar-refractivity contribution in [3.8, 4) is 0 Å². The van der Waals surface area contributed by atoms with E-state index in [0.29, 0.717) is 12.4 Å². The van der Waals surface area contributed by atoms with Crippen LogP contribution in [0.15, 0.2) is 4.99 Å². The Kier molecular flexibility index (Phi) is 2.02. The van der Waals surface area contributed by atoms with E-state index in [1.807, 2.05) is 0 Å². The van der Waals surface area contributed by atoms with Crippen LogP contribution in [-0.2, 0) is 4.74 Å². The van der Waals surface area contributed by atoms with Gasteiger partial charge in [0.1, 0.15) is 5.84 Å². The quantitative estimate of drug-likeness (QED) is 0.473. The molecule has 0 bridgehead atoms. The van der Waals surface area contributed by atoms with E-state index < -0.39 is 0 Å². The maximum absolute atomic E-state index is 5.41. The number of hydrogen-bond donors (Lipinski definition) is 2. The molecule has 0 radical (unpaired) electrons. The Morgan fingerprint density at radius 1 is 1.89 bits per heavy atom. The zero-order chi connectivity index (χ0) is 6.69. The highest BCUT2D eigenvalue weighted by atomic mass is 16.5. The van der Waals surface area contributed by atoms with E-state index >= 15 is 0 Å². The normalized spacial score (nSPS) is 27.7. The summed E-state index contributed by atoms with van der Waals surface area (Å²) in [6.45, 7) is 1.44. The first-order valence-corrected chi connectivity index (χ1v) is 2.88. The predicted molar refractivity (Wildman–Crippen MR) is 35.3 cm³/mol. The first-order chi connectivity index (χ1) is 4.33. The average Bonchev–Trinajstić information content (AvgIpc) is 1.88. The van der Waals surface area contributed by atoms with Crippen molar-refractivity contribution in [2.45, 2.75) is 6.23 Å². The highest BCUT2D eigenvalue weighted by molar-refractivity contribution is 5.82. The summed E-state index contributed by atoms with van der Waals surface area (Å²) in [5.74, 6) is 0.619. The lowest BCUT2D eigenvalue weighted by molar-refractivity contribution is 0.107. The van der Waals surface area contributed by atoms with Gasteiger partial charge in [-0.2, -0.15) is 0 Å². The van der Waals surface area contributed by atoms with Crippen LogP contribution >= 0.6 is 0 Å². The number of aliphatic imine (C=N–C) groups is 1. The molecule has 1 atom stereocenters. The molecule has 0 amide bonds. The van der Waals surface area contributed by atoms with Crippen molar-refractivity contribution in [1.29, 1.82) is 0 Å². The van der Waals surface area contributed by atoms with E-state index in [0.717, 1.165) is 6.54 Å². The zero-order valence-electron chi connectivity index (χ0n) is 5.42. The van der Waals surface area contributed by atoms with Crippen LogP contribution in [0.3, 0.4) is 0 Å².